The number of hydrogen-bond donors (Lipinski definition) is 0. The van der Waals surface area contributed by atoms with Crippen molar-refractivity contribution in [1.82, 2.24) is 0 Å². The number of hydrogen-bond acceptors (Lipinski definition) is 6. The van der Waals surface area contributed by atoms with Gasteiger partial charge in [0.1, 0.15) is 13.2 Å². The molecule has 0 aromatic carbocycles. The van der Waals surface area contributed by atoms with Crippen molar-refractivity contribution in [2.24, 2.45) is 5.92 Å². The lowest BCUT2D eigenvalue weighted by Crippen LogP contribution is -2.30. The van der Waals surface area contributed by atoms with Crippen molar-refractivity contribution in [2.45, 2.75) is 271 Å². The van der Waals surface area contributed by atoms with Crippen LogP contribution >= 0.6 is 0 Å². The zero-order valence-corrected chi connectivity index (χ0v) is 36.7. The van der Waals surface area contributed by atoms with E-state index in [0.717, 1.165) is 63.7 Å². The molecule has 0 saturated carbocycles. The van der Waals surface area contributed by atoms with Gasteiger partial charge in [-0.2, -0.15) is 0 Å². The molecule has 6 nitrogen and oxygen atoms in total. The molecule has 0 aliphatic rings. The molecule has 1 atom stereocenters. The van der Waals surface area contributed by atoms with E-state index >= 15 is 0 Å². The van der Waals surface area contributed by atoms with Crippen molar-refractivity contribution in [3.63, 3.8) is 0 Å². The summed E-state index contributed by atoms with van der Waals surface area (Å²) in [4.78, 5) is 37.6. The smallest absolute Gasteiger partial charge is 0.306 e. The first-order chi connectivity index (χ1) is 26.4. The number of rotatable bonds is 43. The van der Waals surface area contributed by atoms with Crippen molar-refractivity contribution < 1.29 is 28.6 Å². The molecule has 0 amide bonds. The first-order valence-electron chi connectivity index (χ1n) is 23.9. The van der Waals surface area contributed by atoms with Gasteiger partial charge in [-0.1, -0.05) is 227 Å². The summed E-state index contributed by atoms with van der Waals surface area (Å²) < 4.78 is 16.7. The van der Waals surface area contributed by atoms with Gasteiger partial charge in [-0.15, -0.1) is 0 Å². The molecule has 54 heavy (non-hydrogen) atoms. The zero-order valence-electron chi connectivity index (χ0n) is 36.7. The first kappa shape index (κ1) is 52.4. The summed E-state index contributed by atoms with van der Waals surface area (Å²) in [6, 6.07) is 0. The third kappa shape index (κ3) is 41.6. The van der Waals surface area contributed by atoms with Crippen molar-refractivity contribution >= 4 is 17.9 Å². The molecule has 0 aliphatic carbocycles. The maximum Gasteiger partial charge on any atom is 0.306 e. The van der Waals surface area contributed by atoms with Gasteiger partial charge in [0.2, 0.25) is 0 Å². The van der Waals surface area contributed by atoms with Crippen LogP contribution in [0.5, 0.6) is 0 Å². The third-order valence-corrected chi connectivity index (χ3v) is 10.8. The molecule has 0 fully saturated rings. The largest absolute Gasteiger partial charge is 0.462 e. The fraction of sp³-hybridized carbons (Fsp3) is 0.938. The van der Waals surface area contributed by atoms with E-state index in [9.17, 15) is 14.4 Å². The summed E-state index contributed by atoms with van der Waals surface area (Å²) in [5.41, 5.74) is 0. The highest BCUT2D eigenvalue weighted by Gasteiger charge is 2.19. The molecular weight excluding hydrogens is 673 g/mol. The second kappa shape index (κ2) is 42.6. The second-order valence-electron chi connectivity index (χ2n) is 16.9. The molecule has 0 N–H and O–H groups in total. The Labute approximate surface area is 336 Å². The Bertz CT molecular complexity index is 811. The van der Waals surface area contributed by atoms with Gasteiger partial charge in [-0.25, -0.2) is 0 Å². The molecule has 320 valence electrons. The number of ether oxygens (including phenoxy) is 3. The predicted octanol–water partition coefficient (Wildman–Crippen LogP) is 15.1. The molecule has 0 rings (SSSR count). The predicted molar refractivity (Wildman–Crippen MR) is 229 cm³/mol. The van der Waals surface area contributed by atoms with Crippen LogP contribution in [0.3, 0.4) is 0 Å². The molecule has 0 aliphatic heterocycles. The minimum absolute atomic E-state index is 0.0639. The van der Waals surface area contributed by atoms with Gasteiger partial charge in [-0.3, -0.25) is 14.4 Å². The first-order valence-corrected chi connectivity index (χ1v) is 23.9. The highest BCUT2D eigenvalue weighted by Crippen LogP contribution is 2.16. The van der Waals surface area contributed by atoms with E-state index in [2.05, 4.69) is 27.7 Å². The molecule has 0 radical (unpaired) electrons. The number of unbranched alkanes of at least 4 members (excludes halogenated alkanes) is 30. The average molecular weight is 765 g/mol. The van der Waals surface area contributed by atoms with E-state index in [0.29, 0.717) is 19.3 Å². The van der Waals surface area contributed by atoms with E-state index in [-0.39, 0.29) is 31.1 Å². The van der Waals surface area contributed by atoms with Gasteiger partial charge in [0.25, 0.3) is 0 Å². The van der Waals surface area contributed by atoms with Crippen LogP contribution in [0.4, 0.5) is 0 Å². The molecule has 0 spiro atoms. The average Bonchev–Trinajstić information content (AvgIpc) is 3.15. The summed E-state index contributed by atoms with van der Waals surface area (Å²) in [5.74, 6) is -0.0230. The highest BCUT2D eigenvalue weighted by molar-refractivity contribution is 5.71. The van der Waals surface area contributed by atoms with Crippen LogP contribution in [0.1, 0.15) is 265 Å². The molecule has 0 aromatic heterocycles. The van der Waals surface area contributed by atoms with Crippen molar-refractivity contribution in [2.75, 3.05) is 13.2 Å². The van der Waals surface area contributed by atoms with Crippen molar-refractivity contribution in [3.05, 3.63) is 0 Å². The summed E-state index contributed by atoms with van der Waals surface area (Å²) in [5, 5.41) is 0. The van der Waals surface area contributed by atoms with Crippen LogP contribution in [-0.4, -0.2) is 37.2 Å². The lowest BCUT2D eigenvalue weighted by molar-refractivity contribution is -0.167. The van der Waals surface area contributed by atoms with E-state index in [1.54, 1.807) is 0 Å². The number of carbonyl (C=O) groups excluding carboxylic acids is 3. The van der Waals surface area contributed by atoms with Gasteiger partial charge >= 0.3 is 17.9 Å². The van der Waals surface area contributed by atoms with Crippen molar-refractivity contribution in [1.29, 1.82) is 0 Å². The molecule has 0 heterocycles. The Morgan fingerprint density at radius 2 is 0.611 bits per heavy atom. The molecule has 0 bridgehead atoms. The van der Waals surface area contributed by atoms with Gasteiger partial charge < -0.3 is 14.2 Å². The third-order valence-electron chi connectivity index (χ3n) is 10.8. The molecule has 0 saturated heterocycles. The summed E-state index contributed by atoms with van der Waals surface area (Å²) in [6.07, 6.45) is 42.4. The quantitative estimate of drug-likeness (QED) is 0.0349. The fourth-order valence-corrected chi connectivity index (χ4v) is 7.16. The fourth-order valence-electron chi connectivity index (χ4n) is 7.16. The van der Waals surface area contributed by atoms with Crippen molar-refractivity contribution in [3.8, 4) is 0 Å². The lowest BCUT2D eigenvalue weighted by atomic mass is 10.0. The van der Waals surface area contributed by atoms with Crippen LogP contribution in [-0.2, 0) is 28.6 Å². The second-order valence-corrected chi connectivity index (χ2v) is 16.9. The number of esters is 3. The lowest BCUT2D eigenvalue weighted by Gasteiger charge is -2.18. The van der Waals surface area contributed by atoms with Crippen LogP contribution < -0.4 is 0 Å². The SMILES string of the molecule is CCCCCCCCCCCCCCCCC(=O)OC[C@H](COC(=O)CCCCCCCCCCCCCCC(C)C)OC(=O)CCCCCCCCC. The van der Waals surface area contributed by atoms with Crippen LogP contribution in [0.25, 0.3) is 0 Å². The van der Waals surface area contributed by atoms with Crippen LogP contribution in [0, 0.1) is 5.92 Å². The van der Waals surface area contributed by atoms with Gasteiger partial charge in [-0.05, 0) is 25.2 Å². The normalized spacial score (nSPS) is 11.9. The minimum atomic E-state index is -0.758. The van der Waals surface area contributed by atoms with E-state index in [4.69, 9.17) is 14.2 Å². The van der Waals surface area contributed by atoms with Gasteiger partial charge in [0.15, 0.2) is 6.10 Å². The molecule has 0 unspecified atom stereocenters. The maximum atomic E-state index is 12.6. The Hall–Kier alpha value is -1.59. The van der Waals surface area contributed by atoms with Crippen LogP contribution in [0.15, 0.2) is 0 Å². The van der Waals surface area contributed by atoms with Gasteiger partial charge in [0.05, 0.1) is 0 Å². The summed E-state index contributed by atoms with van der Waals surface area (Å²) in [7, 11) is 0. The molecular formula is C48H92O6. The van der Waals surface area contributed by atoms with E-state index < -0.39 is 6.10 Å². The summed E-state index contributed by atoms with van der Waals surface area (Å²) >= 11 is 0. The standard InChI is InChI=1S/C48H92O6/c1-5-7-9-11-13-14-15-16-17-21-24-28-31-35-39-46(49)52-42-45(54-48(51)41-37-33-26-12-10-8-6-2)43-53-47(50)40-36-32-29-25-22-19-18-20-23-27-30-34-38-44(3)4/h44-45H,5-43H2,1-4H3/t45-/m1/s1. The monoisotopic (exact) mass is 765 g/mol. The van der Waals surface area contributed by atoms with E-state index in [1.165, 1.54) is 161 Å². The maximum absolute atomic E-state index is 12.6. The highest BCUT2D eigenvalue weighted by atomic mass is 16.6. The Balaban J connectivity index is 4.20. The molecule has 0 aromatic rings. The van der Waals surface area contributed by atoms with Crippen LogP contribution in [0.2, 0.25) is 0 Å². The topological polar surface area (TPSA) is 78.9 Å². The minimum Gasteiger partial charge on any atom is -0.462 e. The van der Waals surface area contributed by atoms with Gasteiger partial charge in [0, 0.05) is 19.3 Å². The Kier molecular flexibility index (Phi) is 41.3. The molecule has 6 heteroatoms. The zero-order chi connectivity index (χ0) is 39.6. The van der Waals surface area contributed by atoms with E-state index in [1.807, 2.05) is 0 Å². The Morgan fingerprint density at radius 3 is 0.907 bits per heavy atom. The number of carbonyl (C=O) groups is 3. The Morgan fingerprint density at radius 1 is 0.352 bits per heavy atom. The summed E-state index contributed by atoms with van der Waals surface area (Å²) in [6.45, 7) is 8.97.